The van der Waals surface area contributed by atoms with Crippen molar-refractivity contribution in [3.05, 3.63) is 35.4 Å². The number of hydrogen-bond donors (Lipinski definition) is 1. The van der Waals surface area contributed by atoms with Crippen molar-refractivity contribution < 1.29 is 14.7 Å². The average Bonchev–Trinajstić information content (AvgIpc) is 2.47. The lowest BCUT2D eigenvalue weighted by Gasteiger charge is -2.49. The van der Waals surface area contributed by atoms with Crippen LogP contribution in [0.4, 0.5) is 0 Å². The molecule has 2 heterocycles. The number of amides is 1. The number of carbonyl (C=O) groups excluding carboxylic acids is 1. The minimum Gasteiger partial charge on any atom is -0.478 e. The van der Waals surface area contributed by atoms with Crippen LogP contribution in [0.2, 0.25) is 0 Å². The van der Waals surface area contributed by atoms with E-state index >= 15 is 0 Å². The van der Waals surface area contributed by atoms with Crippen LogP contribution in [0.15, 0.2) is 24.3 Å². The molecular formula is C17H22N2O3. The molecule has 0 aromatic heterocycles. The molecule has 0 spiro atoms. The number of carboxylic acids is 1. The third kappa shape index (κ3) is 2.86. The lowest BCUT2D eigenvalue weighted by Crippen LogP contribution is -2.63. The summed E-state index contributed by atoms with van der Waals surface area (Å²) in [6.45, 7) is 4.98. The van der Waals surface area contributed by atoms with Gasteiger partial charge in [-0.15, -0.1) is 0 Å². The molecule has 2 aliphatic rings. The summed E-state index contributed by atoms with van der Waals surface area (Å²) in [4.78, 5) is 27.6. The molecule has 1 atom stereocenters. The molecular weight excluding hydrogens is 280 g/mol. The third-order valence-corrected chi connectivity index (χ3v) is 4.85. The second-order valence-electron chi connectivity index (χ2n) is 6.33. The number of carbonyl (C=O) groups is 2. The lowest BCUT2D eigenvalue weighted by atomic mass is 9.97. The summed E-state index contributed by atoms with van der Waals surface area (Å²) in [5, 5.41) is 8.88. The maximum absolute atomic E-state index is 12.4. The SMILES string of the molecule is C[C@H]1CCCCN1C1CN(C(=O)c2ccc(C(=O)O)cc2)C1. The predicted octanol–water partition coefficient (Wildman–Crippen LogP) is 2.08. The summed E-state index contributed by atoms with van der Waals surface area (Å²) in [6.07, 6.45) is 3.81. The smallest absolute Gasteiger partial charge is 0.335 e. The van der Waals surface area contributed by atoms with Crippen molar-refractivity contribution >= 4 is 11.9 Å². The molecule has 22 heavy (non-hydrogen) atoms. The van der Waals surface area contributed by atoms with Crippen molar-refractivity contribution in [2.24, 2.45) is 0 Å². The number of rotatable bonds is 3. The van der Waals surface area contributed by atoms with Gasteiger partial charge in [0.05, 0.1) is 5.56 Å². The Morgan fingerprint density at radius 3 is 2.32 bits per heavy atom. The Bertz CT molecular complexity index is 564. The summed E-state index contributed by atoms with van der Waals surface area (Å²) in [5.74, 6) is -0.972. The van der Waals surface area contributed by atoms with E-state index in [1.807, 2.05) is 4.90 Å². The molecule has 2 saturated heterocycles. The number of nitrogens with zero attached hydrogens (tertiary/aromatic N) is 2. The zero-order chi connectivity index (χ0) is 15.7. The van der Waals surface area contributed by atoms with Gasteiger partial charge in [0.2, 0.25) is 0 Å². The predicted molar refractivity (Wildman–Crippen MR) is 83.1 cm³/mol. The minimum absolute atomic E-state index is 0.00199. The summed E-state index contributed by atoms with van der Waals surface area (Å²) in [5.41, 5.74) is 0.773. The molecule has 2 aliphatic heterocycles. The first-order valence-corrected chi connectivity index (χ1v) is 7.94. The largest absolute Gasteiger partial charge is 0.478 e. The van der Waals surface area contributed by atoms with Crippen molar-refractivity contribution in [3.8, 4) is 0 Å². The van der Waals surface area contributed by atoms with Gasteiger partial charge >= 0.3 is 5.97 Å². The average molecular weight is 302 g/mol. The minimum atomic E-state index is -0.970. The fourth-order valence-corrected chi connectivity index (χ4v) is 3.43. The van der Waals surface area contributed by atoms with E-state index in [4.69, 9.17) is 5.11 Å². The first-order chi connectivity index (χ1) is 10.6. The van der Waals surface area contributed by atoms with Crippen molar-refractivity contribution in [1.29, 1.82) is 0 Å². The number of aromatic carboxylic acids is 1. The van der Waals surface area contributed by atoms with E-state index in [-0.39, 0.29) is 11.5 Å². The molecule has 0 bridgehead atoms. The van der Waals surface area contributed by atoms with E-state index in [1.54, 1.807) is 12.1 Å². The van der Waals surface area contributed by atoms with Crippen LogP contribution < -0.4 is 0 Å². The van der Waals surface area contributed by atoms with Crippen molar-refractivity contribution in [2.75, 3.05) is 19.6 Å². The Balaban J connectivity index is 1.57. The van der Waals surface area contributed by atoms with Crippen molar-refractivity contribution in [2.45, 2.75) is 38.3 Å². The number of piperidine rings is 1. The molecule has 118 valence electrons. The van der Waals surface area contributed by atoms with E-state index in [0.717, 1.165) is 19.6 Å². The van der Waals surface area contributed by atoms with Crippen LogP contribution in [0.1, 0.15) is 46.9 Å². The molecule has 1 aromatic rings. The Labute approximate surface area is 130 Å². The van der Waals surface area contributed by atoms with Crippen LogP contribution >= 0.6 is 0 Å². The molecule has 0 radical (unpaired) electrons. The molecule has 1 amide bonds. The zero-order valence-electron chi connectivity index (χ0n) is 12.9. The first-order valence-electron chi connectivity index (χ1n) is 7.94. The van der Waals surface area contributed by atoms with E-state index in [0.29, 0.717) is 17.6 Å². The van der Waals surface area contributed by atoms with Gasteiger partial charge in [0.1, 0.15) is 0 Å². The Morgan fingerprint density at radius 2 is 1.73 bits per heavy atom. The molecule has 0 aliphatic carbocycles. The van der Waals surface area contributed by atoms with Gasteiger partial charge in [0, 0.05) is 30.7 Å². The molecule has 3 rings (SSSR count). The van der Waals surface area contributed by atoms with E-state index in [2.05, 4.69) is 11.8 Å². The standard InChI is InChI=1S/C17H22N2O3/c1-12-4-2-3-9-19(12)15-10-18(11-15)16(20)13-5-7-14(8-6-13)17(21)22/h5-8,12,15H,2-4,9-11H2,1H3,(H,21,22)/t12-/m0/s1. The van der Waals surface area contributed by atoms with E-state index in [1.165, 1.54) is 31.4 Å². The Morgan fingerprint density at radius 1 is 1.09 bits per heavy atom. The number of benzene rings is 1. The van der Waals surface area contributed by atoms with E-state index in [9.17, 15) is 9.59 Å². The molecule has 1 N–H and O–H groups in total. The van der Waals surface area contributed by atoms with Crippen LogP contribution in [-0.4, -0.2) is 58.5 Å². The molecule has 5 nitrogen and oxygen atoms in total. The topological polar surface area (TPSA) is 60.9 Å². The van der Waals surface area contributed by atoms with Crippen LogP contribution in [0, 0.1) is 0 Å². The second kappa shape index (κ2) is 6.08. The van der Waals surface area contributed by atoms with Crippen LogP contribution in [0.25, 0.3) is 0 Å². The maximum atomic E-state index is 12.4. The fraction of sp³-hybridized carbons (Fsp3) is 0.529. The second-order valence-corrected chi connectivity index (χ2v) is 6.33. The molecule has 0 saturated carbocycles. The first kappa shape index (κ1) is 15.0. The van der Waals surface area contributed by atoms with Gasteiger partial charge < -0.3 is 10.0 Å². The van der Waals surface area contributed by atoms with Gasteiger partial charge in [-0.25, -0.2) is 4.79 Å². The third-order valence-electron chi connectivity index (χ3n) is 4.85. The van der Waals surface area contributed by atoms with Crippen LogP contribution in [-0.2, 0) is 0 Å². The van der Waals surface area contributed by atoms with Gasteiger partial charge in [-0.1, -0.05) is 6.42 Å². The monoisotopic (exact) mass is 302 g/mol. The highest BCUT2D eigenvalue weighted by molar-refractivity contribution is 5.96. The number of likely N-dealkylation sites (tertiary alicyclic amines) is 2. The highest BCUT2D eigenvalue weighted by atomic mass is 16.4. The van der Waals surface area contributed by atoms with Crippen LogP contribution in [0.3, 0.4) is 0 Å². The normalized spacial score (nSPS) is 23.1. The molecule has 5 heteroatoms. The van der Waals surface area contributed by atoms with Gasteiger partial charge in [-0.2, -0.15) is 0 Å². The summed E-state index contributed by atoms with van der Waals surface area (Å²) in [6, 6.07) is 7.27. The van der Waals surface area contributed by atoms with Gasteiger partial charge in [-0.05, 0) is 50.6 Å². The van der Waals surface area contributed by atoms with Crippen molar-refractivity contribution in [1.82, 2.24) is 9.80 Å². The van der Waals surface area contributed by atoms with Crippen LogP contribution in [0.5, 0.6) is 0 Å². The quantitative estimate of drug-likeness (QED) is 0.928. The maximum Gasteiger partial charge on any atom is 0.335 e. The number of hydrogen-bond acceptors (Lipinski definition) is 3. The van der Waals surface area contributed by atoms with E-state index < -0.39 is 5.97 Å². The van der Waals surface area contributed by atoms with Gasteiger partial charge in [-0.3, -0.25) is 9.69 Å². The van der Waals surface area contributed by atoms with Gasteiger partial charge in [0.25, 0.3) is 5.91 Å². The highest BCUT2D eigenvalue weighted by Gasteiger charge is 2.37. The Hall–Kier alpha value is -1.88. The highest BCUT2D eigenvalue weighted by Crippen LogP contribution is 2.25. The zero-order valence-corrected chi connectivity index (χ0v) is 12.9. The lowest BCUT2D eigenvalue weighted by molar-refractivity contribution is 0.00212. The molecule has 0 unspecified atom stereocenters. The van der Waals surface area contributed by atoms with Gasteiger partial charge in [0.15, 0.2) is 0 Å². The molecule has 1 aromatic carbocycles. The van der Waals surface area contributed by atoms with Crippen molar-refractivity contribution in [3.63, 3.8) is 0 Å². The number of carboxylic acid groups (broad SMARTS) is 1. The fourth-order valence-electron chi connectivity index (χ4n) is 3.43. The summed E-state index contributed by atoms with van der Waals surface area (Å²) in [7, 11) is 0. The summed E-state index contributed by atoms with van der Waals surface area (Å²) < 4.78 is 0. The summed E-state index contributed by atoms with van der Waals surface area (Å²) >= 11 is 0. The molecule has 2 fully saturated rings. The Kier molecular flexibility index (Phi) is 4.16.